The van der Waals surface area contributed by atoms with Crippen LogP contribution in [0.4, 0.5) is 0 Å². The van der Waals surface area contributed by atoms with Crippen molar-refractivity contribution >= 4 is 65.2 Å². The number of nitrogens with zero attached hydrogens (tertiary/aromatic N) is 3. The Balaban J connectivity index is 1.11. The van der Waals surface area contributed by atoms with Gasteiger partial charge in [0.1, 0.15) is 5.82 Å². The second kappa shape index (κ2) is 10.3. The molecule has 0 saturated carbocycles. The molecule has 1 aliphatic carbocycles. The minimum Gasteiger partial charge on any atom is -0.309 e. The van der Waals surface area contributed by atoms with Crippen molar-refractivity contribution in [2.24, 2.45) is 0 Å². The first kappa shape index (κ1) is 27.8. The van der Waals surface area contributed by atoms with Crippen LogP contribution in [0.3, 0.4) is 0 Å². The van der Waals surface area contributed by atoms with E-state index in [-0.39, 0.29) is 0 Å². The van der Waals surface area contributed by atoms with E-state index in [4.69, 9.17) is 4.98 Å². The van der Waals surface area contributed by atoms with Crippen molar-refractivity contribution in [3.8, 4) is 45.0 Å². The molecule has 0 fully saturated rings. The zero-order valence-electron chi connectivity index (χ0n) is 28.1. The second-order valence-corrected chi connectivity index (χ2v) is 14.0. The average molecular weight is 660 g/mol. The highest BCUT2D eigenvalue weighted by Crippen LogP contribution is 2.47. The summed E-state index contributed by atoms with van der Waals surface area (Å²) in [5.41, 5.74) is 13.1. The third kappa shape index (κ3) is 3.77. The van der Waals surface area contributed by atoms with Gasteiger partial charge in [0.2, 0.25) is 0 Å². The predicted octanol–water partition coefficient (Wildman–Crippen LogP) is 12.9. The summed E-state index contributed by atoms with van der Waals surface area (Å²) in [4.78, 5) is 5.47. The van der Waals surface area contributed by atoms with Crippen LogP contribution < -0.4 is 0 Å². The first-order valence-electron chi connectivity index (χ1n) is 17.9. The van der Waals surface area contributed by atoms with Gasteiger partial charge < -0.3 is 4.57 Å². The smallest absolute Gasteiger partial charge is 0.138 e. The standard InChI is InChI=1S/C49H29N3/c1-2-14-35(15-3-1)51-43-20-9-8-17-37(43)40-26-32(21-23-44(40)51)33-22-24-45-41(27-33)42-25-30-11-4-5-12-31(30)28-46(42)52(45)47-29-34-13-10-19-38-36-16-6-7-18-39(36)49(50-47)48(34)38/h1-29H. The summed E-state index contributed by atoms with van der Waals surface area (Å²) in [6.07, 6.45) is 0. The van der Waals surface area contributed by atoms with Crippen LogP contribution in [-0.2, 0) is 0 Å². The molecule has 0 bridgehead atoms. The average Bonchev–Trinajstić information content (AvgIpc) is 3.83. The fraction of sp³-hybridized carbons (Fsp3) is 0. The van der Waals surface area contributed by atoms with Gasteiger partial charge in [0.05, 0.1) is 27.8 Å². The number of hydrogen-bond donors (Lipinski definition) is 0. The summed E-state index contributed by atoms with van der Waals surface area (Å²) in [7, 11) is 0. The lowest BCUT2D eigenvalue weighted by atomic mass is 10.00. The molecule has 1 aliphatic rings. The molecular weight excluding hydrogens is 631 g/mol. The van der Waals surface area contributed by atoms with E-state index in [0.29, 0.717) is 0 Å². The summed E-state index contributed by atoms with van der Waals surface area (Å²) >= 11 is 0. The first-order chi connectivity index (χ1) is 25.8. The third-order valence-electron chi connectivity index (χ3n) is 11.2. The Labute approximate surface area is 299 Å². The Morgan fingerprint density at radius 3 is 1.77 bits per heavy atom. The van der Waals surface area contributed by atoms with Crippen LogP contribution in [0.15, 0.2) is 176 Å². The number of aromatic nitrogens is 3. The van der Waals surface area contributed by atoms with E-state index < -0.39 is 0 Å². The SMILES string of the molecule is c1ccc(-n2c3ccccc3c3cc(-c4ccc5c(c4)c4cc6ccccc6cc4n5-c4cc5cccc6c5c(n4)-c4ccccc4-6)ccc32)cc1. The van der Waals surface area contributed by atoms with Crippen LogP contribution in [0.25, 0.3) is 110 Å². The fourth-order valence-electron chi connectivity index (χ4n) is 8.89. The molecule has 0 spiro atoms. The molecule has 3 nitrogen and oxygen atoms in total. The molecule has 0 unspecified atom stereocenters. The highest BCUT2D eigenvalue weighted by molar-refractivity contribution is 6.17. The van der Waals surface area contributed by atoms with Gasteiger partial charge in [-0.15, -0.1) is 0 Å². The topological polar surface area (TPSA) is 22.8 Å². The first-order valence-corrected chi connectivity index (χ1v) is 17.9. The molecule has 12 rings (SSSR count). The maximum absolute atomic E-state index is 5.47. The van der Waals surface area contributed by atoms with Gasteiger partial charge in [-0.2, -0.15) is 0 Å². The van der Waals surface area contributed by atoms with Crippen molar-refractivity contribution in [3.05, 3.63) is 176 Å². The predicted molar refractivity (Wildman–Crippen MR) is 218 cm³/mol. The minimum atomic E-state index is 0.939. The van der Waals surface area contributed by atoms with Crippen molar-refractivity contribution in [3.63, 3.8) is 0 Å². The molecule has 0 amide bonds. The molecule has 0 aliphatic heterocycles. The molecule has 0 N–H and O–H groups in total. The maximum Gasteiger partial charge on any atom is 0.138 e. The van der Waals surface area contributed by atoms with E-state index in [0.717, 1.165) is 22.5 Å². The Bertz CT molecular complexity index is 3290. The van der Waals surface area contributed by atoms with E-state index in [1.807, 2.05) is 0 Å². The highest BCUT2D eigenvalue weighted by atomic mass is 15.1. The van der Waals surface area contributed by atoms with Crippen LogP contribution >= 0.6 is 0 Å². The maximum atomic E-state index is 5.47. The summed E-state index contributed by atoms with van der Waals surface area (Å²) in [6.45, 7) is 0. The van der Waals surface area contributed by atoms with Gasteiger partial charge in [-0.1, -0.05) is 115 Å². The lowest BCUT2D eigenvalue weighted by Crippen LogP contribution is -1.99. The Hall–Kier alpha value is -6.97. The van der Waals surface area contributed by atoms with Crippen molar-refractivity contribution in [1.29, 1.82) is 0 Å². The van der Waals surface area contributed by atoms with E-state index >= 15 is 0 Å². The lowest BCUT2D eigenvalue weighted by molar-refractivity contribution is 1.10. The fourth-order valence-corrected chi connectivity index (χ4v) is 8.89. The Morgan fingerprint density at radius 1 is 0.346 bits per heavy atom. The number of rotatable bonds is 3. The van der Waals surface area contributed by atoms with Gasteiger partial charge in [0, 0.05) is 38.2 Å². The second-order valence-electron chi connectivity index (χ2n) is 14.0. The third-order valence-corrected chi connectivity index (χ3v) is 11.2. The Morgan fingerprint density at radius 2 is 0.942 bits per heavy atom. The van der Waals surface area contributed by atoms with Crippen LogP contribution in [0.1, 0.15) is 0 Å². The monoisotopic (exact) mass is 659 g/mol. The molecular formula is C49H29N3. The quantitative estimate of drug-likeness (QED) is 0.185. The van der Waals surface area contributed by atoms with Crippen molar-refractivity contribution in [1.82, 2.24) is 14.1 Å². The normalized spacial score (nSPS) is 12.2. The van der Waals surface area contributed by atoms with Gasteiger partial charge in [0.25, 0.3) is 0 Å². The van der Waals surface area contributed by atoms with Crippen molar-refractivity contribution < 1.29 is 0 Å². The lowest BCUT2D eigenvalue weighted by Gasteiger charge is -2.11. The molecule has 8 aromatic carbocycles. The number of fused-ring (bicyclic) bond motifs is 10. The van der Waals surface area contributed by atoms with Crippen molar-refractivity contribution in [2.45, 2.75) is 0 Å². The van der Waals surface area contributed by atoms with Gasteiger partial charge in [0.15, 0.2) is 0 Å². The number of hydrogen-bond acceptors (Lipinski definition) is 1. The van der Waals surface area contributed by atoms with Crippen LogP contribution in [0.5, 0.6) is 0 Å². The number of para-hydroxylation sites is 2. The van der Waals surface area contributed by atoms with Gasteiger partial charge in [-0.25, -0.2) is 4.98 Å². The minimum absolute atomic E-state index is 0.939. The van der Waals surface area contributed by atoms with Crippen LogP contribution in [-0.4, -0.2) is 14.1 Å². The van der Waals surface area contributed by atoms with E-state index in [1.54, 1.807) is 0 Å². The van der Waals surface area contributed by atoms with Crippen LogP contribution in [0.2, 0.25) is 0 Å². The van der Waals surface area contributed by atoms with Gasteiger partial charge in [-0.05, 0) is 99.1 Å². The highest BCUT2D eigenvalue weighted by Gasteiger charge is 2.24. The van der Waals surface area contributed by atoms with Crippen LogP contribution in [0, 0.1) is 0 Å². The Kier molecular flexibility index (Phi) is 5.50. The molecule has 3 aromatic heterocycles. The largest absolute Gasteiger partial charge is 0.309 e. The van der Waals surface area contributed by atoms with E-state index in [1.165, 1.54) is 87.6 Å². The molecule has 0 saturated heterocycles. The summed E-state index contributed by atoms with van der Waals surface area (Å²) in [5.74, 6) is 0.939. The summed E-state index contributed by atoms with van der Waals surface area (Å²) in [5, 5.41) is 9.86. The molecule has 11 aromatic rings. The molecule has 0 atom stereocenters. The molecule has 52 heavy (non-hydrogen) atoms. The molecule has 3 heterocycles. The molecule has 3 heteroatoms. The molecule has 240 valence electrons. The zero-order valence-corrected chi connectivity index (χ0v) is 28.1. The van der Waals surface area contributed by atoms with E-state index in [2.05, 4.69) is 185 Å². The van der Waals surface area contributed by atoms with Gasteiger partial charge >= 0.3 is 0 Å². The zero-order chi connectivity index (χ0) is 33.9. The summed E-state index contributed by atoms with van der Waals surface area (Å²) < 4.78 is 4.75. The van der Waals surface area contributed by atoms with E-state index in [9.17, 15) is 0 Å². The molecule has 0 radical (unpaired) electrons. The number of pyridine rings is 1. The number of benzene rings is 8. The van der Waals surface area contributed by atoms with Gasteiger partial charge in [-0.3, -0.25) is 4.57 Å². The van der Waals surface area contributed by atoms with Crippen molar-refractivity contribution in [2.75, 3.05) is 0 Å². The summed E-state index contributed by atoms with van der Waals surface area (Å²) in [6, 6.07) is 64.2.